The maximum absolute atomic E-state index is 11.4. The number of halogens is 1. The lowest BCUT2D eigenvalue weighted by molar-refractivity contribution is 0.0990. The molecule has 0 radical (unpaired) electrons. The first kappa shape index (κ1) is 10.1. The van der Waals surface area contributed by atoms with Crippen molar-refractivity contribution in [1.82, 2.24) is 0 Å². The van der Waals surface area contributed by atoms with Crippen molar-refractivity contribution in [3.05, 3.63) is 23.8 Å². The van der Waals surface area contributed by atoms with Crippen LogP contribution in [0.2, 0.25) is 0 Å². The molecular weight excluding hydrogens is 234 g/mol. The molecule has 70 valence electrons. The minimum Gasteiger partial charge on any atom is -0.506 e. The van der Waals surface area contributed by atoms with Gasteiger partial charge in [0.2, 0.25) is 0 Å². The van der Waals surface area contributed by atoms with E-state index in [0.717, 1.165) is 0 Å². The number of para-hydroxylation sites is 1. The Balaban J connectivity index is 3.01. The Morgan fingerprint density at radius 1 is 1.54 bits per heavy atom. The number of alkyl halides is 1. The smallest absolute Gasteiger partial charge is 0.165 e. The van der Waals surface area contributed by atoms with Gasteiger partial charge in [-0.05, 0) is 12.1 Å². The van der Waals surface area contributed by atoms with Crippen molar-refractivity contribution in [2.24, 2.45) is 0 Å². The molecule has 3 nitrogen and oxygen atoms in total. The number of carbonyl (C=O) groups excluding carboxylic acids is 1. The number of benzene rings is 1. The third-order valence-corrected chi connectivity index (χ3v) is 2.10. The van der Waals surface area contributed by atoms with Gasteiger partial charge in [0.15, 0.2) is 5.78 Å². The summed E-state index contributed by atoms with van der Waals surface area (Å²) in [5.41, 5.74) is 6.08. The Morgan fingerprint density at radius 3 is 2.85 bits per heavy atom. The van der Waals surface area contributed by atoms with Gasteiger partial charge in [0.25, 0.3) is 0 Å². The Morgan fingerprint density at radius 2 is 2.23 bits per heavy atom. The van der Waals surface area contributed by atoms with Gasteiger partial charge in [0.05, 0.1) is 5.69 Å². The quantitative estimate of drug-likeness (QED) is 0.369. The number of phenols is 1. The van der Waals surface area contributed by atoms with Crippen LogP contribution >= 0.6 is 15.9 Å². The number of nitrogens with two attached hydrogens (primary N) is 1. The van der Waals surface area contributed by atoms with Crippen molar-refractivity contribution in [2.45, 2.75) is 6.42 Å². The predicted molar refractivity (Wildman–Crippen MR) is 55.3 cm³/mol. The molecule has 0 aromatic heterocycles. The van der Waals surface area contributed by atoms with E-state index in [0.29, 0.717) is 17.3 Å². The van der Waals surface area contributed by atoms with Gasteiger partial charge < -0.3 is 10.8 Å². The summed E-state index contributed by atoms with van der Waals surface area (Å²) in [6.45, 7) is 0. The molecule has 3 N–H and O–H groups in total. The van der Waals surface area contributed by atoms with Gasteiger partial charge in [-0.15, -0.1) is 0 Å². The predicted octanol–water partition coefficient (Wildman–Crippen LogP) is 1.94. The molecule has 0 saturated heterocycles. The molecule has 1 rings (SSSR count). The van der Waals surface area contributed by atoms with Gasteiger partial charge >= 0.3 is 0 Å². The SMILES string of the molecule is Nc1c(O)cccc1C(=O)CCBr. The number of hydrogen-bond acceptors (Lipinski definition) is 3. The highest BCUT2D eigenvalue weighted by molar-refractivity contribution is 9.09. The molecule has 4 heteroatoms. The normalized spacial score (nSPS) is 9.92. The largest absolute Gasteiger partial charge is 0.506 e. The second-order valence-corrected chi connectivity index (χ2v) is 3.39. The van der Waals surface area contributed by atoms with E-state index < -0.39 is 0 Å². The van der Waals surface area contributed by atoms with Gasteiger partial charge in [-0.1, -0.05) is 22.0 Å². The summed E-state index contributed by atoms with van der Waals surface area (Å²) in [4.78, 5) is 11.4. The second kappa shape index (κ2) is 4.28. The van der Waals surface area contributed by atoms with Gasteiger partial charge in [-0.2, -0.15) is 0 Å². The van der Waals surface area contributed by atoms with Crippen LogP contribution in [0.4, 0.5) is 5.69 Å². The van der Waals surface area contributed by atoms with E-state index in [9.17, 15) is 9.90 Å². The lowest BCUT2D eigenvalue weighted by atomic mass is 10.1. The molecule has 0 unspecified atom stereocenters. The number of aromatic hydroxyl groups is 1. The van der Waals surface area contributed by atoms with Crippen LogP contribution in [0.5, 0.6) is 5.75 Å². The third-order valence-electron chi connectivity index (χ3n) is 1.71. The van der Waals surface area contributed by atoms with E-state index in [-0.39, 0.29) is 17.2 Å². The summed E-state index contributed by atoms with van der Waals surface area (Å²) < 4.78 is 0. The van der Waals surface area contributed by atoms with Gasteiger partial charge in [0, 0.05) is 17.3 Å². The molecule has 0 amide bonds. The summed E-state index contributed by atoms with van der Waals surface area (Å²) in [5, 5.41) is 9.83. The highest BCUT2D eigenvalue weighted by Gasteiger charge is 2.10. The maximum atomic E-state index is 11.4. The Labute approximate surface area is 84.7 Å². The number of ketones is 1. The number of carbonyl (C=O) groups is 1. The topological polar surface area (TPSA) is 63.3 Å². The first-order valence-corrected chi connectivity index (χ1v) is 4.95. The van der Waals surface area contributed by atoms with Crippen LogP contribution in [0.3, 0.4) is 0 Å². The molecule has 1 aromatic rings. The second-order valence-electron chi connectivity index (χ2n) is 2.60. The van der Waals surface area contributed by atoms with Gasteiger partial charge in [-0.3, -0.25) is 4.79 Å². The Hall–Kier alpha value is -1.03. The summed E-state index contributed by atoms with van der Waals surface area (Å²) in [6, 6.07) is 4.67. The molecule has 0 spiro atoms. The van der Waals surface area contributed by atoms with Crippen molar-refractivity contribution in [3.8, 4) is 5.75 Å². The van der Waals surface area contributed by atoms with E-state index in [1.165, 1.54) is 6.07 Å². The fraction of sp³-hybridized carbons (Fsp3) is 0.222. The fourth-order valence-corrected chi connectivity index (χ4v) is 1.38. The number of Topliss-reactive ketones (excluding diaryl/α,β-unsaturated/α-hetero) is 1. The van der Waals surface area contributed by atoms with Crippen LogP contribution in [0.1, 0.15) is 16.8 Å². The highest BCUT2D eigenvalue weighted by Crippen LogP contribution is 2.24. The zero-order valence-electron chi connectivity index (χ0n) is 6.96. The average molecular weight is 244 g/mol. The molecule has 0 saturated carbocycles. The lowest BCUT2D eigenvalue weighted by Gasteiger charge is -2.04. The minimum absolute atomic E-state index is 0.0413. The van der Waals surface area contributed by atoms with Crippen molar-refractivity contribution in [1.29, 1.82) is 0 Å². The summed E-state index contributed by atoms with van der Waals surface area (Å²) in [7, 11) is 0. The molecule has 0 bridgehead atoms. The van der Waals surface area contributed by atoms with Gasteiger partial charge in [0.1, 0.15) is 5.75 Å². The van der Waals surface area contributed by atoms with E-state index >= 15 is 0 Å². The summed E-state index contributed by atoms with van der Waals surface area (Å²) in [5.74, 6) is -0.106. The van der Waals surface area contributed by atoms with Crippen LogP contribution in [-0.2, 0) is 0 Å². The van der Waals surface area contributed by atoms with Crippen molar-refractivity contribution in [3.63, 3.8) is 0 Å². The van der Waals surface area contributed by atoms with E-state index in [4.69, 9.17) is 5.73 Å². The average Bonchev–Trinajstić information content (AvgIpc) is 2.10. The first-order chi connectivity index (χ1) is 6.16. The van der Waals surface area contributed by atoms with E-state index in [1.54, 1.807) is 12.1 Å². The van der Waals surface area contributed by atoms with Crippen LogP contribution in [-0.4, -0.2) is 16.2 Å². The number of phenolic OH excluding ortho intramolecular Hbond substituents is 1. The highest BCUT2D eigenvalue weighted by atomic mass is 79.9. The van der Waals surface area contributed by atoms with Crippen molar-refractivity contribution in [2.75, 3.05) is 11.1 Å². The van der Waals surface area contributed by atoms with E-state index in [2.05, 4.69) is 15.9 Å². The molecular formula is C9H10BrNO2. The molecule has 0 aliphatic carbocycles. The van der Waals surface area contributed by atoms with Gasteiger partial charge in [-0.25, -0.2) is 0 Å². The molecule has 13 heavy (non-hydrogen) atoms. The standard InChI is InChI=1S/C9H10BrNO2/c10-5-4-7(12)6-2-1-3-8(13)9(6)11/h1-3,13H,4-5,11H2. The molecule has 1 aromatic carbocycles. The lowest BCUT2D eigenvalue weighted by Crippen LogP contribution is -2.04. The van der Waals surface area contributed by atoms with Crippen LogP contribution < -0.4 is 5.73 Å². The van der Waals surface area contributed by atoms with Crippen LogP contribution in [0, 0.1) is 0 Å². The van der Waals surface area contributed by atoms with Crippen molar-refractivity contribution < 1.29 is 9.90 Å². The summed E-state index contributed by atoms with van der Waals surface area (Å²) in [6.07, 6.45) is 0.383. The number of hydrogen-bond donors (Lipinski definition) is 2. The molecule has 0 atom stereocenters. The molecule has 0 heterocycles. The first-order valence-electron chi connectivity index (χ1n) is 3.83. The Bertz CT molecular complexity index is 325. The monoisotopic (exact) mass is 243 g/mol. The van der Waals surface area contributed by atoms with Crippen LogP contribution in [0.15, 0.2) is 18.2 Å². The number of anilines is 1. The zero-order chi connectivity index (χ0) is 9.84. The fourth-order valence-electron chi connectivity index (χ4n) is 1.02. The number of nitrogen functional groups attached to an aromatic ring is 1. The van der Waals surface area contributed by atoms with Crippen LogP contribution in [0.25, 0.3) is 0 Å². The Kier molecular flexibility index (Phi) is 3.31. The molecule has 0 aliphatic heterocycles. The third kappa shape index (κ3) is 2.21. The maximum Gasteiger partial charge on any atom is 0.165 e. The number of rotatable bonds is 3. The summed E-state index contributed by atoms with van der Waals surface area (Å²) >= 11 is 3.17. The minimum atomic E-state index is -0.0646. The van der Waals surface area contributed by atoms with Crippen molar-refractivity contribution >= 4 is 27.4 Å². The zero-order valence-corrected chi connectivity index (χ0v) is 8.54. The van der Waals surface area contributed by atoms with E-state index in [1.807, 2.05) is 0 Å². The molecule has 0 fully saturated rings. The molecule has 0 aliphatic rings.